The maximum atomic E-state index is 12.4. The van der Waals surface area contributed by atoms with E-state index >= 15 is 0 Å². The van der Waals surface area contributed by atoms with E-state index in [0.29, 0.717) is 6.61 Å². The topological polar surface area (TPSA) is 59.4 Å². The first-order chi connectivity index (χ1) is 9.49. The van der Waals surface area contributed by atoms with Crippen LogP contribution in [0.5, 0.6) is 0 Å². The summed E-state index contributed by atoms with van der Waals surface area (Å²) in [5, 5.41) is 7.18. The molecule has 1 aliphatic rings. The van der Waals surface area contributed by atoms with Gasteiger partial charge < -0.3 is 10.1 Å². The molecule has 1 N–H and O–H groups in total. The Morgan fingerprint density at radius 2 is 2.25 bits per heavy atom. The number of amides is 1. The predicted octanol–water partition coefficient (Wildman–Crippen LogP) is 1.51. The molecule has 1 aromatic rings. The van der Waals surface area contributed by atoms with Gasteiger partial charge in [0.05, 0.1) is 24.9 Å². The molecule has 1 fully saturated rings. The van der Waals surface area contributed by atoms with Gasteiger partial charge in [-0.05, 0) is 27.7 Å². The van der Waals surface area contributed by atoms with Crippen molar-refractivity contribution in [2.24, 2.45) is 0 Å². The summed E-state index contributed by atoms with van der Waals surface area (Å²) in [5.41, 5.74) is 0. The van der Waals surface area contributed by atoms with Crippen molar-refractivity contribution in [1.29, 1.82) is 0 Å². The third-order valence-electron chi connectivity index (χ3n) is 3.61. The maximum Gasteiger partial charge on any atom is 0.242 e. The lowest BCUT2D eigenvalue weighted by Gasteiger charge is -2.34. The third-order valence-corrected chi connectivity index (χ3v) is 3.61. The van der Waals surface area contributed by atoms with Gasteiger partial charge in [-0.25, -0.2) is 4.68 Å². The molecule has 0 radical (unpaired) electrons. The molecule has 20 heavy (non-hydrogen) atoms. The minimum Gasteiger partial charge on any atom is -0.376 e. The highest BCUT2D eigenvalue weighted by atomic mass is 16.5. The minimum absolute atomic E-state index is 0.00139. The largest absolute Gasteiger partial charge is 0.376 e. The van der Waals surface area contributed by atoms with Crippen LogP contribution in [0, 0.1) is 0 Å². The first-order valence-corrected chi connectivity index (χ1v) is 7.19. The molecule has 6 nitrogen and oxygen atoms in total. The molecule has 0 saturated carbocycles. The lowest BCUT2D eigenvalue weighted by atomic mass is 10.2. The predicted molar refractivity (Wildman–Crippen MR) is 77.7 cm³/mol. The number of hydrogen-bond donors (Lipinski definition) is 1. The fraction of sp³-hybridized carbons (Fsp3) is 0.714. The van der Waals surface area contributed by atoms with Gasteiger partial charge in [0.2, 0.25) is 5.91 Å². The van der Waals surface area contributed by atoms with Crippen molar-refractivity contribution >= 4 is 11.7 Å². The fourth-order valence-electron chi connectivity index (χ4n) is 2.42. The minimum atomic E-state index is -0.170. The zero-order chi connectivity index (χ0) is 14.7. The zero-order valence-corrected chi connectivity index (χ0v) is 12.7. The van der Waals surface area contributed by atoms with E-state index < -0.39 is 0 Å². The van der Waals surface area contributed by atoms with Crippen LogP contribution >= 0.6 is 0 Å². The van der Waals surface area contributed by atoms with Crippen molar-refractivity contribution in [3.05, 3.63) is 12.3 Å². The molecule has 6 heteroatoms. The van der Waals surface area contributed by atoms with Crippen LogP contribution in [0.4, 0.5) is 5.82 Å². The summed E-state index contributed by atoms with van der Waals surface area (Å²) >= 11 is 0. The van der Waals surface area contributed by atoms with Gasteiger partial charge in [0.25, 0.3) is 0 Å². The summed E-state index contributed by atoms with van der Waals surface area (Å²) in [5.74, 6) is 0.750. The molecule has 2 atom stereocenters. The Morgan fingerprint density at radius 3 is 2.90 bits per heavy atom. The SMILES string of the molecule is CC(C)n1nccc1NC(=O)[C@@H](C)N1CCO[C@@H](C)C1. The Morgan fingerprint density at radius 1 is 1.50 bits per heavy atom. The van der Waals surface area contributed by atoms with Crippen LogP contribution in [0.3, 0.4) is 0 Å². The molecule has 0 bridgehead atoms. The number of carbonyl (C=O) groups excluding carboxylic acids is 1. The van der Waals surface area contributed by atoms with E-state index in [1.54, 1.807) is 6.20 Å². The van der Waals surface area contributed by atoms with Gasteiger partial charge in [-0.3, -0.25) is 9.69 Å². The molecule has 0 spiro atoms. The standard InChI is InChI=1S/C14H24N4O2/c1-10(2)18-13(5-6-15-18)16-14(19)12(4)17-7-8-20-11(3)9-17/h5-6,10-12H,7-9H2,1-4H3,(H,16,19)/t11-,12+/m0/s1. The molecule has 1 saturated heterocycles. The molecule has 1 amide bonds. The molecule has 0 aliphatic carbocycles. The summed E-state index contributed by atoms with van der Waals surface area (Å²) in [4.78, 5) is 14.5. The van der Waals surface area contributed by atoms with E-state index in [9.17, 15) is 4.79 Å². The maximum absolute atomic E-state index is 12.4. The number of rotatable bonds is 4. The highest BCUT2D eigenvalue weighted by molar-refractivity contribution is 5.93. The molecule has 1 aliphatic heterocycles. The summed E-state index contributed by atoms with van der Waals surface area (Å²) < 4.78 is 7.32. The van der Waals surface area contributed by atoms with Gasteiger partial charge in [0, 0.05) is 25.2 Å². The van der Waals surface area contributed by atoms with Gasteiger partial charge in [-0.1, -0.05) is 0 Å². The number of anilines is 1. The van der Waals surface area contributed by atoms with Gasteiger partial charge in [-0.2, -0.15) is 5.10 Å². The number of aromatic nitrogens is 2. The lowest BCUT2D eigenvalue weighted by molar-refractivity contribution is -0.123. The first kappa shape index (κ1) is 15.0. The number of nitrogens with one attached hydrogen (secondary N) is 1. The van der Waals surface area contributed by atoms with Crippen molar-refractivity contribution in [3.8, 4) is 0 Å². The summed E-state index contributed by atoms with van der Waals surface area (Å²) in [6.45, 7) is 10.3. The van der Waals surface area contributed by atoms with Crippen LogP contribution in [0.1, 0.15) is 33.7 Å². The second kappa shape index (κ2) is 6.37. The zero-order valence-electron chi connectivity index (χ0n) is 12.7. The number of morpholine rings is 1. The molecule has 1 aromatic heterocycles. The Labute approximate surface area is 120 Å². The van der Waals surface area contributed by atoms with Crippen molar-refractivity contribution < 1.29 is 9.53 Å². The van der Waals surface area contributed by atoms with E-state index in [1.165, 1.54) is 0 Å². The molecule has 2 heterocycles. The van der Waals surface area contributed by atoms with Crippen molar-refractivity contribution in [1.82, 2.24) is 14.7 Å². The number of hydrogen-bond acceptors (Lipinski definition) is 4. The van der Waals surface area contributed by atoms with Crippen LogP contribution in [0.2, 0.25) is 0 Å². The number of nitrogens with zero attached hydrogens (tertiary/aromatic N) is 3. The summed E-state index contributed by atoms with van der Waals surface area (Å²) in [6, 6.07) is 1.88. The van der Waals surface area contributed by atoms with Crippen molar-refractivity contribution in [2.75, 3.05) is 25.0 Å². The first-order valence-electron chi connectivity index (χ1n) is 7.19. The summed E-state index contributed by atoms with van der Waals surface area (Å²) in [6.07, 6.45) is 1.89. The van der Waals surface area contributed by atoms with Gasteiger partial charge in [0.15, 0.2) is 0 Å². The highest BCUT2D eigenvalue weighted by Crippen LogP contribution is 2.15. The van der Waals surface area contributed by atoms with Gasteiger partial charge in [-0.15, -0.1) is 0 Å². The van der Waals surface area contributed by atoms with Gasteiger partial charge in [0.1, 0.15) is 5.82 Å². The van der Waals surface area contributed by atoms with Crippen LogP contribution in [-0.4, -0.2) is 52.4 Å². The lowest BCUT2D eigenvalue weighted by Crippen LogP contribution is -2.50. The monoisotopic (exact) mass is 280 g/mol. The average Bonchev–Trinajstić information content (AvgIpc) is 2.86. The Bertz CT molecular complexity index is 458. The van der Waals surface area contributed by atoms with Crippen molar-refractivity contribution in [2.45, 2.75) is 45.9 Å². The third kappa shape index (κ3) is 3.37. The molecule has 2 rings (SSSR count). The van der Waals surface area contributed by atoms with Crippen LogP contribution in [0.15, 0.2) is 12.3 Å². The highest BCUT2D eigenvalue weighted by Gasteiger charge is 2.26. The van der Waals surface area contributed by atoms with Crippen LogP contribution < -0.4 is 5.32 Å². The Balaban J connectivity index is 1.98. The summed E-state index contributed by atoms with van der Waals surface area (Å²) in [7, 11) is 0. The quantitative estimate of drug-likeness (QED) is 0.908. The number of carbonyl (C=O) groups is 1. The average molecular weight is 280 g/mol. The second-order valence-electron chi connectivity index (χ2n) is 5.60. The normalized spacial score (nSPS) is 21.9. The van der Waals surface area contributed by atoms with E-state index in [2.05, 4.69) is 15.3 Å². The van der Waals surface area contributed by atoms with Crippen molar-refractivity contribution in [3.63, 3.8) is 0 Å². The number of ether oxygens (including phenoxy) is 1. The van der Waals surface area contributed by atoms with Crippen LogP contribution in [-0.2, 0) is 9.53 Å². The molecular weight excluding hydrogens is 256 g/mol. The molecule has 112 valence electrons. The van der Waals surface area contributed by atoms with Gasteiger partial charge >= 0.3 is 0 Å². The molecular formula is C14H24N4O2. The smallest absolute Gasteiger partial charge is 0.242 e. The Kier molecular flexibility index (Phi) is 4.77. The molecule has 0 unspecified atom stereocenters. The van der Waals surface area contributed by atoms with Crippen LogP contribution in [0.25, 0.3) is 0 Å². The van der Waals surface area contributed by atoms with E-state index in [1.807, 2.05) is 38.4 Å². The van der Waals surface area contributed by atoms with E-state index in [-0.39, 0.29) is 24.1 Å². The Hall–Kier alpha value is -1.40. The second-order valence-corrected chi connectivity index (χ2v) is 5.60. The fourth-order valence-corrected chi connectivity index (χ4v) is 2.42. The van der Waals surface area contributed by atoms with E-state index in [4.69, 9.17) is 4.74 Å². The van der Waals surface area contributed by atoms with E-state index in [0.717, 1.165) is 18.9 Å². The molecule has 0 aromatic carbocycles.